The minimum absolute atomic E-state index is 0.138. The van der Waals surface area contributed by atoms with E-state index in [9.17, 15) is 39.5 Å². The van der Waals surface area contributed by atoms with Crippen molar-refractivity contribution in [2.75, 3.05) is 26.4 Å². The highest BCUT2D eigenvalue weighted by Crippen LogP contribution is 2.54. The van der Waals surface area contributed by atoms with Gasteiger partial charge in [0.1, 0.15) is 0 Å². The van der Waals surface area contributed by atoms with Crippen LogP contribution < -0.4 is 0 Å². The van der Waals surface area contributed by atoms with Gasteiger partial charge >= 0.3 is 23.9 Å². The van der Waals surface area contributed by atoms with Gasteiger partial charge in [0.25, 0.3) is 0 Å². The van der Waals surface area contributed by atoms with Gasteiger partial charge in [-0.15, -0.1) is 0 Å². The molecule has 0 atom stereocenters. The molecule has 0 aromatic rings. The van der Waals surface area contributed by atoms with Gasteiger partial charge in [-0.1, -0.05) is 6.92 Å². The Morgan fingerprint density at radius 2 is 1.43 bits per heavy atom. The molecule has 0 bridgehead atoms. The Labute approximate surface area is 125 Å². The summed E-state index contributed by atoms with van der Waals surface area (Å²) in [5, 5.41) is 0. The number of rotatable bonds is 8. The molecule has 0 aromatic heterocycles. The van der Waals surface area contributed by atoms with Gasteiger partial charge < -0.3 is 9.47 Å². The Morgan fingerprint density at radius 3 is 1.78 bits per heavy atom. The van der Waals surface area contributed by atoms with Crippen molar-refractivity contribution in [2.24, 2.45) is 5.41 Å². The second kappa shape index (κ2) is 6.30. The summed E-state index contributed by atoms with van der Waals surface area (Å²) in [5.74, 6) is -19.0. The average Bonchev–Trinajstić information content (AvgIpc) is 2.35. The molecular formula is C12H15F9O2. The molecule has 0 amide bonds. The standard InChI is InChI=1S/C12H15F9O2/c1-2-8(6-23-7-8)5-22-4-3-9(13,14)10(15,16)11(17,18)12(19,20)21/h2-7H2,1H3. The fraction of sp³-hybridized carbons (Fsp3) is 1.00. The lowest BCUT2D eigenvalue weighted by molar-refractivity contribution is -0.397. The van der Waals surface area contributed by atoms with Crippen molar-refractivity contribution in [3.63, 3.8) is 0 Å². The van der Waals surface area contributed by atoms with Crippen LogP contribution in [0.2, 0.25) is 0 Å². The van der Waals surface area contributed by atoms with E-state index in [1.807, 2.05) is 0 Å². The maximum absolute atomic E-state index is 13.2. The van der Waals surface area contributed by atoms with E-state index in [1.165, 1.54) is 0 Å². The van der Waals surface area contributed by atoms with E-state index in [4.69, 9.17) is 9.47 Å². The molecule has 0 unspecified atom stereocenters. The molecule has 0 aliphatic carbocycles. The summed E-state index contributed by atoms with van der Waals surface area (Å²) in [6.07, 6.45) is -8.21. The Kier molecular flexibility index (Phi) is 5.57. The summed E-state index contributed by atoms with van der Waals surface area (Å²) in [6, 6.07) is 0. The monoisotopic (exact) mass is 362 g/mol. The molecule has 1 fully saturated rings. The summed E-state index contributed by atoms with van der Waals surface area (Å²) in [4.78, 5) is 0. The Bertz CT molecular complexity index is 396. The first kappa shape index (κ1) is 20.3. The second-order valence-electron chi connectivity index (χ2n) is 5.50. The molecule has 1 heterocycles. The molecule has 0 N–H and O–H groups in total. The number of ether oxygens (including phenoxy) is 2. The molecule has 1 aliphatic heterocycles. The average molecular weight is 362 g/mol. The molecular weight excluding hydrogens is 347 g/mol. The minimum atomic E-state index is -6.85. The summed E-state index contributed by atoms with van der Waals surface area (Å²) >= 11 is 0. The van der Waals surface area contributed by atoms with Crippen molar-refractivity contribution < 1.29 is 49.0 Å². The van der Waals surface area contributed by atoms with Crippen molar-refractivity contribution in [1.82, 2.24) is 0 Å². The summed E-state index contributed by atoms with van der Waals surface area (Å²) in [7, 11) is 0. The van der Waals surface area contributed by atoms with Crippen LogP contribution >= 0.6 is 0 Å². The van der Waals surface area contributed by atoms with Gasteiger partial charge in [-0.25, -0.2) is 0 Å². The number of hydrogen-bond donors (Lipinski definition) is 0. The number of alkyl halides is 9. The van der Waals surface area contributed by atoms with Crippen molar-refractivity contribution in [3.8, 4) is 0 Å². The maximum Gasteiger partial charge on any atom is 0.460 e. The molecule has 1 aliphatic rings. The largest absolute Gasteiger partial charge is 0.460 e. The zero-order valence-corrected chi connectivity index (χ0v) is 12.0. The molecule has 0 radical (unpaired) electrons. The van der Waals surface area contributed by atoms with Gasteiger partial charge in [-0.3, -0.25) is 0 Å². The zero-order valence-electron chi connectivity index (χ0n) is 12.0. The summed E-state index contributed by atoms with van der Waals surface area (Å²) in [5.41, 5.74) is -0.465. The second-order valence-corrected chi connectivity index (χ2v) is 5.50. The fourth-order valence-electron chi connectivity index (χ4n) is 1.83. The van der Waals surface area contributed by atoms with Crippen LogP contribution in [-0.2, 0) is 9.47 Å². The van der Waals surface area contributed by atoms with Gasteiger partial charge in [0.15, 0.2) is 0 Å². The summed E-state index contributed by atoms with van der Waals surface area (Å²) in [6.45, 7) is 1.06. The molecule has 0 aromatic carbocycles. The van der Waals surface area contributed by atoms with Gasteiger partial charge in [0.2, 0.25) is 0 Å². The van der Waals surface area contributed by atoms with E-state index in [0.29, 0.717) is 6.42 Å². The highest BCUT2D eigenvalue weighted by molar-refractivity contribution is 5.00. The molecule has 1 rings (SSSR count). The highest BCUT2D eigenvalue weighted by Gasteiger charge is 2.81. The first-order chi connectivity index (χ1) is 10.2. The van der Waals surface area contributed by atoms with Gasteiger partial charge in [0.05, 0.1) is 26.4 Å². The first-order valence-electron chi connectivity index (χ1n) is 6.58. The van der Waals surface area contributed by atoms with Gasteiger partial charge in [-0.2, -0.15) is 39.5 Å². The van der Waals surface area contributed by atoms with Crippen molar-refractivity contribution in [1.29, 1.82) is 0 Å². The normalized spacial score (nSPS) is 19.6. The third-order valence-corrected chi connectivity index (χ3v) is 3.74. The lowest BCUT2D eigenvalue weighted by Gasteiger charge is -2.40. The fourth-order valence-corrected chi connectivity index (χ4v) is 1.83. The topological polar surface area (TPSA) is 18.5 Å². The molecule has 138 valence electrons. The number of halogens is 9. The van der Waals surface area contributed by atoms with E-state index in [1.54, 1.807) is 6.92 Å². The van der Waals surface area contributed by atoms with Crippen LogP contribution in [-0.4, -0.2) is 50.4 Å². The smallest absolute Gasteiger partial charge is 0.380 e. The number of hydrogen-bond acceptors (Lipinski definition) is 2. The van der Waals surface area contributed by atoms with Crippen LogP contribution in [0.25, 0.3) is 0 Å². The van der Waals surface area contributed by atoms with Crippen LogP contribution in [0.4, 0.5) is 39.5 Å². The lowest BCUT2D eigenvalue weighted by Crippen LogP contribution is -2.61. The van der Waals surface area contributed by atoms with Crippen molar-refractivity contribution >= 4 is 0 Å². The molecule has 1 saturated heterocycles. The minimum Gasteiger partial charge on any atom is -0.380 e. The van der Waals surface area contributed by atoms with E-state index in [2.05, 4.69) is 0 Å². The summed E-state index contributed by atoms with van der Waals surface area (Å²) < 4.78 is 123. The molecule has 0 spiro atoms. The van der Waals surface area contributed by atoms with Crippen molar-refractivity contribution in [2.45, 2.75) is 43.7 Å². The zero-order chi connectivity index (χ0) is 18.2. The van der Waals surface area contributed by atoms with Gasteiger partial charge in [-0.05, 0) is 6.42 Å². The van der Waals surface area contributed by atoms with Crippen LogP contribution in [0, 0.1) is 5.41 Å². The SMILES string of the molecule is CCC1(COCCC(F)(F)C(F)(F)C(F)(F)C(F)(F)F)COC1. The lowest BCUT2D eigenvalue weighted by atomic mass is 9.84. The third-order valence-electron chi connectivity index (χ3n) is 3.74. The van der Waals surface area contributed by atoms with Crippen LogP contribution in [0.5, 0.6) is 0 Å². The van der Waals surface area contributed by atoms with Crippen molar-refractivity contribution in [3.05, 3.63) is 0 Å². The molecule has 23 heavy (non-hydrogen) atoms. The highest BCUT2D eigenvalue weighted by atomic mass is 19.4. The first-order valence-corrected chi connectivity index (χ1v) is 6.58. The predicted octanol–water partition coefficient (Wildman–Crippen LogP) is 4.29. The Balaban J connectivity index is 2.63. The molecule has 2 nitrogen and oxygen atoms in total. The Hall–Kier alpha value is -0.710. The third kappa shape index (κ3) is 3.70. The van der Waals surface area contributed by atoms with E-state index < -0.39 is 42.4 Å². The van der Waals surface area contributed by atoms with E-state index in [0.717, 1.165) is 0 Å². The quantitative estimate of drug-likeness (QED) is 0.474. The predicted molar refractivity (Wildman–Crippen MR) is 59.9 cm³/mol. The van der Waals surface area contributed by atoms with Gasteiger partial charge in [0, 0.05) is 11.8 Å². The molecule has 0 saturated carbocycles. The van der Waals surface area contributed by atoms with Crippen LogP contribution in [0.1, 0.15) is 19.8 Å². The molecule has 11 heteroatoms. The van der Waals surface area contributed by atoms with E-state index >= 15 is 0 Å². The maximum atomic E-state index is 13.2. The van der Waals surface area contributed by atoms with Crippen LogP contribution in [0.3, 0.4) is 0 Å². The Morgan fingerprint density at radius 1 is 0.913 bits per heavy atom. The van der Waals surface area contributed by atoms with E-state index in [-0.39, 0.29) is 19.8 Å². The van der Waals surface area contributed by atoms with Crippen LogP contribution in [0.15, 0.2) is 0 Å².